The molecule has 0 aliphatic heterocycles. The zero-order chi connectivity index (χ0) is 21.8. The van der Waals surface area contributed by atoms with Gasteiger partial charge in [0.25, 0.3) is 0 Å². The minimum Gasteiger partial charge on any atom is -0.0654 e. The Balaban J connectivity index is 1.40. The number of aryl methyl sites for hydroxylation is 1. The minimum absolute atomic E-state index is 0.621. The van der Waals surface area contributed by atoms with Crippen LogP contribution in [-0.4, -0.2) is 0 Å². The van der Waals surface area contributed by atoms with Crippen LogP contribution in [0.1, 0.15) is 115 Å². The van der Waals surface area contributed by atoms with Crippen LogP contribution in [0, 0.1) is 53.8 Å². The number of hydrogen-bond acceptors (Lipinski definition) is 0. The largest absolute Gasteiger partial charge is 0.0654 e. The van der Waals surface area contributed by atoms with E-state index in [9.17, 15) is 0 Å². The van der Waals surface area contributed by atoms with Crippen molar-refractivity contribution in [3.8, 4) is 0 Å². The number of unbranched alkanes of at least 4 members (excludes halogenated alkanes) is 1. The Bertz CT molecular complexity index is 770. The normalized spacial score (nSPS) is 39.2. The molecule has 4 fully saturated rings. The number of rotatable bonds is 8. The topological polar surface area (TPSA) is 0 Å². The molecule has 1 aromatic rings. The molecule has 1 aromatic carbocycles. The van der Waals surface area contributed by atoms with Gasteiger partial charge in [0.05, 0.1) is 0 Å². The molecule has 5 rings (SSSR count). The van der Waals surface area contributed by atoms with E-state index in [4.69, 9.17) is 0 Å². The van der Waals surface area contributed by atoms with Crippen molar-refractivity contribution in [1.29, 1.82) is 0 Å². The van der Waals surface area contributed by atoms with Crippen LogP contribution in [0.4, 0.5) is 0 Å². The zero-order valence-corrected chi connectivity index (χ0v) is 21.1. The van der Waals surface area contributed by atoms with Gasteiger partial charge < -0.3 is 0 Å². The van der Waals surface area contributed by atoms with E-state index in [1.54, 1.807) is 29.5 Å². The van der Waals surface area contributed by atoms with E-state index in [1.165, 1.54) is 57.8 Å². The molecule has 4 aliphatic carbocycles. The molecule has 172 valence electrons. The van der Waals surface area contributed by atoms with E-state index in [0.717, 1.165) is 47.3 Å². The van der Waals surface area contributed by atoms with Gasteiger partial charge in [-0.15, -0.1) is 0 Å². The summed E-state index contributed by atoms with van der Waals surface area (Å²) in [6.45, 7) is 12.4. The molecule has 0 amide bonds. The minimum atomic E-state index is 0.621. The van der Waals surface area contributed by atoms with Crippen LogP contribution in [0.25, 0.3) is 0 Å². The average molecular weight is 421 g/mol. The van der Waals surface area contributed by atoms with Gasteiger partial charge in [-0.1, -0.05) is 65.2 Å². The molecule has 0 N–H and O–H groups in total. The third-order valence-electron chi connectivity index (χ3n) is 11.0. The van der Waals surface area contributed by atoms with Crippen molar-refractivity contribution in [3.63, 3.8) is 0 Å². The van der Waals surface area contributed by atoms with Crippen LogP contribution < -0.4 is 0 Å². The first kappa shape index (κ1) is 22.0. The lowest BCUT2D eigenvalue weighted by atomic mass is 9.39. The van der Waals surface area contributed by atoms with Crippen LogP contribution in [0.15, 0.2) is 18.2 Å². The number of hydrogen-bond donors (Lipinski definition) is 0. The van der Waals surface area contributed by atoms with E-state index in [2.05, 4.69) is 52.8 Å². The maximum atomic E-state index is 2.68. The van der Waals surface area contributed by atoms with Gasteiger partial charge in [-0.05, 0) is 128 Å². The van der Waals surface area contributed by atoms with Crippen LogP contribution >= 0.6 is 0 Å². The van der Waals surface area contributed by atoms with Crippen molar-refractivity contribution in [2.45, 2.75) is 111 Å². The molecule has 4 aliphatic rings. The quantitative estimate of drug-likeness (QED) is 0.393. The van der Waals surface area contributed by atoms with E-state index in [0.29, 0.717) is 5.41 Å². The second-order valence-corrected chi connectivity index (χ2v) is 13.0. The van der Waals surface area contributed by atoms with E-state index < -0.39 is 0 Å². The predicted molar refractivity (Wildman–Crippen MR) is 133 cm³/mol. The van der Waals surface area contributed by atoms with Gasteiger partial charge in [0.15, 0.2) is 0 Å². The second-order valence-electron chi connectivity index (χ2n) is 13.0. The average Bonchev–Trinajstić information content (AvgIpc) is 3.04. The summed E-state index contributed by atoms with van der Waals surface area (Å²) in [4.78, 5) is 0. The maximum Gasteiger partial charge on any atom is -0.0131 e. The van der Waals surface area contributed by atoms with Gasteiger partial charge >= 0.3 is 0 Å². The smallest absolute Gasteiger partial charge is 0.0131 e. The lowest BCUT2D eigenvalue weighted by molar-refractivity contribution is -0.168. The highest BCUT2D eigenvalue weighted by Crippen LogP contribution is 2.67. The molecule has 4 saturated carbocycles. The standard InChI is InChI=1S/C31H48/c1-6-7-9-25-24-12-13-26(24)30(25)29(31(5)14-8-15-31)19-23-11-10-21(3)28(18-23)27-17-20(2)16-22(27)4/h10-11,18,20,22,24-27,29-30H,6-9,12-17,19H2,1-5H3. The molecule has 0 radical (unpaired) electrons. The van der Waals surface area contributed by atoms with Crippen LogP contribution in [0.3, 0.4) is 0 Å². The molecular weight excluding hydrogens is 372 g/mol. The summed E-state index contributed by atoms with van der Waals surface area (Å²) >= 11 is 0. The molecule has 0 heteroatoms. The van der Waals surface area contributed by atoms with Crippen LogP contribution in [0.5, 0.6) is 0 Å². The fourth-order valence-electron chi connectivity index (χ4n) is 8.88. The van der Waals surface area contributed by atoms with Gasteiger partial charge in [-0.2, -0.15) is 0 Å². The van der Waals surface area contributed by atoms with E-state index in [1.807, 2.05) is 0 Å². The van der Waals surface area contributed by atoms with Crippen LogP contribution in [-0.2, 0) is 6.42 Å². The fraction of sp³-hybridized carbons (Fsp3) is 0.806. The molecule has 0 saturated heterocycles. The number of benzene rings is 1. The van der Waals surface area contributed by atoms with Crippen molar-refractivity contribution in [2.75, 3.05) is 0 Å². The van der Waals surface area contributed by atoms with Crippen molar-refractivity contribution in [2.24, 2.45) is 46.8 Å². The molecule has 0 heterocycles. The lowest BCUT2D eigenvalue weighted by Gasteiger charge is -2.66. The first-order valence-electron chi connectivity index (χ1n) is 14.0. The molecule has 0 aromatic heterocycles. The molecule has 0 bridgehead atoms. The predicted octanol–water partition coefficient (Wildman–Crippen LogP) is 8.96. The summed E-state index contributed by atoms with van der Waals surface area (Å²) in [5, 5.41) is 0. The molecule has 31 heavy (non-hydrogen) atoms. The molecular formula is C31H48. The van der Waals surface area contributed by atoms with E-state index >= 15 is 0 Å². The van der Waals surface area contributed by atoms with Gasteiger partial charge in [0.2, 0.25) is 0 Å². The fourth-order valence-corrected chi connectivity index (χ4v) is 8.88. The summed E-state index contributed by atoms with van der Waals surface area (Å²) in [7, 11) is 0. The third kappa shape index (κ3) is 3.83. The highest BCUT2D eigenvalue weighted by atomic mass is 14.6. The van der Waals surface area contributed by atoms with Gasteiger partial charge in [0.1, 0.15) is 0 Å². The number of fused-ring (bicyclic) bond motifs is 1. The van der Waals surface area contributed by atoms with Crippen molar-refractivity contribution < 1.29 is 0 Å². The highest BCUT2D eigenvalue weighted by molar-refractivity contribution is 5.35. The SMILES string of the molecule is CCCCC1C2CCC2C1C(Cc1ccc(C)c(C2CC(C)CC2C)c1)C1(C)CCC1. The summed E-state index contributed by atoms with van der Waals surface area (Å²) in [5.41, 5.74) is 5.53. The first-order valence-corrected chi connectivity index (χ1v) is 14.0. The maximum absolute atomic E-state index is 2.68. The van der Waals surface area contributed by atoms with Gasteiger partial charge in [0, 0.05) is 0 Å². The molecule has 0 spiro atoms. The van der Waals surface area contributed by atoms with Crippen molar-refractivity contribution in [1.82, 2.24) is 0 Å². The first-order chi connectivity index (χ1) is 14.9. The Morgan fingerprint density at radius 2 is 1.84 bits per heavy atom. The van der Waals surface area contributed by atoms with Crippen molar-refractivity contribution in [3.05, 3.63) is 34.9 Å². The zero-order valence-electron chi connectivity index (χ0n) is 21.1. The lowest BCUT2D eigenvalue weighted by Crippen LogP contribution is -2.59. The molecule has 8 unspecified atom stereocenters. The third-order valence-corrected chi connectivity index (χ3v) is 11.0. The molecule has 0 nitrogen and oxygen atoms in total. The summed E-state index contributed by atoms with van der Waals surface area (Å²) in [6.07, 6.45) is 16.1. The van der Waals surface area contributed by atoms with Crippen LogP contribution in [0.2, 0.25) is 0 Å². The van der Waals surface area contributed by atoms with Gasteiger partial charge in [-0.3, -0.25) is 0 Å². The molecule has 8 atom stereocenters. The summed E-state index contributed by atoms with van der Waals surface area (Å²) in [5.74, 6) is 7.76. The monoisotopic (exact) mass is 420 g/mol. The second kappa shape index (κ2) is 8.53. The van der Waals surface area contributed by atoms with Gasteiger partial charge in [-0.25, -0.2) is 0 Å². The Labute approximate surface area is 193 Å². The highest BCUT2D eigenvalue weighted by Gasteiger charge is 2.60. The Hall–Kier alpha value is -0.780. The van der Waals surface area contributed by atoms with E-state index in [-0.39, 0.29) is 0 Å². The van der Waals surface area contributed by atoms with Crippen molar-refractivity contribution >= 4 is 0 Å². The summed E-state index contributed by atoms with van der Waals surface area (Å²) in [6, 6.07) is 7.67. The Morgan fingerprint density at radius 1 is 1.06 bits per heavy atom. The Kier molecular flexibility index (Phi) is 6.07. The summed E-state index contributed by atoms with van der Waals surface area (Å²) < 4.78 is 0. The Morgan fingerprint density at radius 3 is 2.42 bits per heavy atom.